The van der Waals surface area contributed by atoms with Gasteiger partial charge in [0.25, 0.3) is 0 Å². The summed E-state index contributed by atoms with van der Waals surface area (Å²) in [7, 11) is -1.61. The molecule has 1 saturated heterocycles. The summed E-state index contributed by atoms with van der Waals surface area (Å²) >= 11 is 4.83. The number of nitrogens with one attached hydrogen (secondary N) is 2. The van der Waals surface area contributed by atoms with E-state index in [2.05, 4.69) is 37.8 Å². The van der Waals surface area contributed by atoms with Gasteiger partial charge in [0.05, 0.1) is 3.79 Å². The van der Waals surface area contributed by atoms with Crippen LogP contribution in [0.25, 0.3) is 0 Å². The molecule has 1 atom stereocenters. The number of hydrogen-bond donors (Lipinski definition) is 2. The van der Waals surface area contributed by atoms with Crippen LogP contribution in [0.4, 0.5) is 0 Å². The molecule has 120 valence electrons. The molecule has 1 aromatic rings. The Bertz CT molecular complexity index is 574. The van der Waals surface area contributed by atoms with Crippen molar-refractivity contribution >= 4 is 37.3 Å². The summed E-state index contributed by atoms with van der Waals surface area (Å²) in [4.78, 5) is 3.64. The number of halogens is 1. The van der Waals surface area contributed by atoms with Crippen molar-refractivity contribution in [3.63, 3.8) is 0 Å². The van der Waals surface area contributed by atoms with E-state index in [1.54, 1.807) is 6.07 Å². The summed E-state index contributed by atoms with van der Waals surface area (Å²) in [6, 6.07) is 1.75. The first kappa shape index (κ1) is 17.4. The predicted molar refractivity (Wildman–Crippen MR) is 90.2 cm³/mol. The second-order valence-electron chi connectivity index (χ2n) is 5.23. The summed E-state index contributed by atoms with van der Waals surface area (Å²) < 4.78 is 28.6. The summed E-state index contributed by atoms with van der Waals surface area (Å²) in [5.74, 6) is 0. The molecule has 0 aliphatic carbocycles. The first-order valence-corrected chi connectivity index (χ1v) is 10.2. The highest BCUT2D eigenvalue weighted by Crippen LogP contribution is 2.32. The van der Waals surface area contributed by atoms with Crippen LogP contribution in [0.5, 0.6) is 0 Å². The lowest BCUT2D eigenvalue weighted by molar-refractivity contribution is 0.211. The van der Waals surface area contributed by atoms with Crippen LogP contribution < -0.4 is 10.0 Å². The molecule has 1 aliphatic heterocycles. The van der Waals surface area contributed by atoms with Crippen molar-refractivity contribution in [2.45, 2.75) is 37.2 Å². The number of thiophene rings is 1. The van der Waals surface area contributed by atoms with E-state index in [-0.39, 0.29) is 6.04 Å². The molecule has 2 rings (SSSR count). The average Bonchev–Trinajstić information content (AvgIpc) is 2.81. The molecule has 0 bridgehead atoms. The van der Waals surface area contributed by atoms with E-state index >= 15 is 0 Å². The van der Waals surface area contributed by atoms with Crippen LogP contribution in [0.15, 0.2) is 14.7 Å². The van der Waals surface area contributed by atoms with Gasteiger partial charge in [0, 0.05) is 24.0 Å². The van der Waals surface area contributed by atoms with Crippen LogP contribution in [0.2, 0.25) is 0 Å². The van der Waals surface area contributed by atoms with Crippen molar-refractivity contribution in [3.8, 4) is 0 Å². The lowest BCUT2D eigenvalue weighted by atomic mass is 10.1. The lowest BCUT2D eigenvalue weighted by Gasteiger charge is -2.31. The van der Waals surface area contributed by atoms with Gasteiger partial charge >= 0.3 is 0 Å². The quantitative estimate of drug-likeness (QED) is 0.772. The SMILES string of the molecule is CCN1CCCC(NS(=O)(=O)c2cc(CNC)sc2Br)C1. The Balaban J connectivity index is 2.11. The summed E-state index contributed by atoms with van der Waals surface area (Å²) in [6.45, 7) is 5.60. The molecule has 0 spiro atoms. The fraction of sp³-hybridized carbons (Fsp3) is 0.692. The molecular formula is C13H22BrN3O2S2. The number of hydrogen-bond acceptors (Lipinski definition) is 5. The smallest absolute Gasteiger partial charge is 0.242 e. The van der Waals surface area contributed by atoms with Crippen molar-refractivity contribution in [1.29, 1.82) is 0 Å². The molecule has 1 aliphatic rings. The first-order chi connectivity index (χ1) is 9.96. The highest BCUT2D eigenvalue weighted by Gasteiger charge is 2.27. The Kier molecular flexibility index (Phi) is 6.22. The Morgan fingerprint density at radius 3 is 2.95 bits per heavy atom. The maximum absolute atomic E-state index is 12.6. The van der Waals surface area contributed by atoms with E-state index in [1.807, 2.05) is 7.05 Å². The third-order valence-electron chi connectivity index (χ3n) is 3.62. The fourth-order valence-corrected chi connectivity index (χ4v) is 6.52. The van der Waals surface area contributed by atoms with E-state index < -0.39 is 10.0 Å². The summed E-state index contributed by atoms with van der Waals surface area (Å²) in [5.41, 5.74) is 0. The molecule has 0 aromatic carbocycles. The summed E-state index contributed by atoms with van der Waals surface area (Å²) in [5, 5.41) is 3.04. The van der Waals surface area contributed by atoms with Gasteiger partial charge in [0.2, 0.25) is 10.0 Å². The van der Waals surface area contributed by atoms with Crippen LogP contribution in [0.3, 0.4) is 0 Å². The Hall–Kier alpha value is 0.01000. The number of likely N-dealkylation sites (N-methyl/N-ethyl adjacent to an activating group) is 1. The number of nitrogens with zero attached hydrogens (tertiary/aromatic N) is 1. The average molecular weight is 396 g/mol. The van der Waals surface area contributed by atoms with Gasteiger partial charge in [0.1, 0.15) is 4.90 Å². The van der Waals surface area contributed by atoms with Gasteiger partial charge in [-0.1, -0.05) is 6.92 Å². The summed E-state index contributed by atoms with van der Waals surface area (Å²) in [6.07, 6.45) is 1.94. The van der Waals surface area contributed by atoms with Gasteiger partial charge in [-0.2, -0.15) is 0 Å². The van der Waals surface area contributed by atoms with E-state index in [4.69, 9.17) is 0 Å². The zero-order valence-electron chi connectivity index (χ0n) is 12.4. The van der Waals surface area contributed by atoms with Gasteiger partial charge in [-0.25, -0.2) is 13.1 Å². The fourth-order valence-electron chi connectivity index (χ4n) is 2.56. The van der Waals surface area contributed by atoms with Gasteiger partial charge < -0.3 is 10.2 Å². The van der Waals surface area contributed by atoms with Gasteiger partial charge in [0.15, 0.2) is 0 Å². The first-order valence-electron chi connectivity index (χ1n) is 7.13. The van der Waals surface area contributed by atoms with Crippen LogP contribution in [-0.2, 0) is 16.6 Å². The second kappa shape index (κ2) is 7.52. The van der Waals surface area contributed by atoms with E-state index in [9.17, 15) is 8.42 Å². The standard InChI is InChI=1S/C13H22BrN3O2S2/c1-3-17-6-4-5-10(9-17)16-21(18,19)12-7-11(8-15-2)20-13(12)14/h7,10,15-16H,3-6,8-9H2,1-2H3. The maximum Gasteiger partial charge on any atom is 0.242 e. The van der Waals surface area contributed by atoms with E-state index in [1.165, 1.54) is 11.3 Å². The molecule has 1 unspecified atom stereocenters. The molecular weight excluding hydrogens is 374 g/mol. The third kappa shape index (κ3) is 4.49. The largest absolute Gasteiger partial charge is 0.315 e. The topological polar surface area (TPSA) is 61.4 Å². The molecule has 2 N–H and O–H groups in total. The van der Waals surface area contributed by atoms with Crippen LogP contribution in [0, 0.1) is 0 Å². The third-order valence-corrected chi connectivity index (χ3v) is 7.39. The lowest BCUT2D eigenvalue weighted by Crippen LogP contribution is -2.47. The normalized spacial score (nSPS) is 20.8. The van der Waals surface area contributed by atoms with Crippen molar-refractivity contribution < 1.29 is 8.42 Å². The highest BCUT2D eigenvalue weighted by molar-refractivity contribution is 9.11. The monoisotopic (exact) mass is 395 g/mol. The van der Waals surface area contributed by atoms with Crippen molar-refractivity contribution in [3.05, 3.63) is 14.7 Å². The molecule has 8 heteroatoms. The minimum Gasteiger partial charge on any atom is -0.315 e. The van der Waals surface area contributed by atoms with E-state index in [0.717, 1.165) is 37.4 Å². The van der Waals surface area contributed by atoms with Crippen molar-refractivity contribution in [2.24, 2.45) is 0 Å². The maximum atomic E-state index is 12.6. The molecule has 0 amide bonds. The van der Waals surface area contributed by atoms with Crippen LogP contribution >= 0.6 is 27.3 Å². The molecule has 1 fully saturated rings. The number of sulfonamides is 1. The second-order valence-corrected chi connectivity index (χ2v) is 9.37. The minimum absolute atomic E-state index is 0.00301. The Morgan fingerprint density at radius 1 is 1.52 bits per heavy atom. The number of likely N-dealkylation sites (tertiary alicyclic amines) is 1. The van der Waals surface area contributed by atoms with Crippen molar-refractivity contribution in [2.75, 3.05) is 26.7 Å². The number of piperidine rings is 1. The zero-order valence-corrected chi connectivity index (χ0v) is 15.6. The Morgan fingerprint density at radius 2 is 2.29 bits per heavy atom. The molecule has 5 nitrogen and oxygen atoms in total. The van der Waals surface area contributed by atoms with Gasteiger partial charge in [-0.15, -0.1) is 11.3 Å². The minimum atomic E-state index is -3.46. The van der Waals surface area contributed by atoms with Crippen LogP contribution in [0.1, 0.15) is 24.6 Å². The highest BCUT2D eigenvalue weighted by atomic mass is 79.9. The molecule has 21 heavy (non-hydrogen) atoms. The predicted octanol–water partition coefficient (Wildman–Crippen LogP) is 1.99. The van der Waals surface area contributed by atoms with E-state index in [0.29, 0.717) is 15.2 Å². The number of rotatable bonds is 6. The van der Waals surface area contributed by atoms with Gasteiger partial charge in [-0.3, -0.25) is 0 Å². The molecule has 0 radical (unpaired) electrons. The molecule has 2 heterocycles. The van der Waals surface area contributed by atoms with Gasteiger partial charge in [-0.05, 0) is 55.0 Å². The Labute approximate surface area is 139 Å². The van der Waals surface area contributed by atoms with Crippen molar-refractivity contribution in [1.82, 2.24) is 14.9 Å². The van der Waals surface area contributed by atoms with Crippen LogP contribution in [-0.4, -0.2) is 46.0 Å². The molecule has 1 aromatic heterocycles. The molecule has 0 saturated carbocycles. The zero-order chi connectivity index (χ0) is 15.5.